The molecule has 4 nitrogen and oxygen atoms in total. The van der Waals surface area contributed by atoms with Crippen molar-refractivity contribution in [3.63, 3.8) is 0 Å². The van der Waals surface area contributed by atoms with Crippen LogP contribution in [0.5, 0.6) is 0 Å². The van der Waals surface area contributed by atoms with Crippen LogP contribution in [0.2, 0.25) is 0 Å². The van der Waals surface area contributed by atoms with E-state index >= 15 is 0 Å². The first-order valence-corrected chi connectivity index (χ1v) is 9.94. The maximum absolute atomic E-state index is 12.7. The molecule has 0 aromatic carbocycles. The maximum Gasteiger partial charge on any atom is 0.216 e. The SMILES string of the molecule is O=S(=O)(CC1CCCCN1)N(Cc1ccsc1)C1CC1. The Morgan fingerprint density at radius 2 is 2.15 bits per heavy atom. The summed E-state index contributed by atoms with van der Waals surface area (Å²) in [7, 11) is -3.16. The molecule has 1 N–H and O–H groups in total. The number of nitrogens with one attached hydrogen (secondary N) is 1. The molecule has 0 radical (unpaired) electrons. The van der Waals surface area contributed by atoms with Gasteiger partial charge in [0.2, 0.25) is 10.0 Å². The summed E-state index contributed by atoms with van der Waals surface area (Å²) in [5.41, 5.74) is 1.11. The third-order valence-electron chi connectivity index (χ3n) is 4.05. The Morgan fingerprint density at radius 1 is 1.30 bits per heavy atom. The molecule has 1 aromatic rings. The summed E-state index contributed by atoms with van der Waals surface area (Å²) in [5.74, 6) is 0.258. The van der Waals surface area contributed by atoms with E-state index in [1.54, 1.807) is 15.6 Å². The van der Waals surface area contributed by atoms with E-state index < -0.39 is 10.0 Å². The van der Waals surface area contributed by atoms with Crippen molar-refractivity contribution >= 4 is 21.4 Å². The monoisotopic (exact) mass is 314 g/mol. The number of thiophene rings is 1. The molecule has 1 aliphatic heterocycles. The van der Waals surface area contributed by atoms with Crippen LogP contribution < -0.4 is 5.32 Å². The number of piperidine rings is 1. The number of nitrogens with zero attached hydrogens (tertiary/aromatic N) is 1. The zero-order valence-electron chi connectivity index (χ0n) is 11.6. The van der Waals surface area contributed by atoms with Gasteiger partial charge in [-0.3, -0.25) is 0 Å². The van der Waals surface area contributed by atoms with Gasteiger partial charge < -0.3 is 5.32 Å². The molecule has 1 aromatic heterocycles. The van der Waals surface area contributed by atoms with Crippen molar-refractivity contribution in [3.05, 3.63) is 22.4 Å². The second-order valence-corrected chi connectivity index (χ2v) is 8.58. The van der Waals surface area contributed by atoms with Gasteiger partial charge in [-0.2, -0.15) is 15.6 Å². The van der Waals surface area contributed by atoms with Crippen molar-refractivity contribution in [2.45, 2.75) is 50.7 Å². The van der Waals surface area contributed by atoms with Gasteiger partial charge in [0.15, 0.2) is 0 Å². The van der Waals surface area contributed by atoms with Gasteiger partial charge >= 0.3 is 0 Å². The summed E-state index contributed by atoms with van der Waals surface area (Å²) >= 11 is 1.63. The Kier molecular flexibility index (Phi) is 4.45. The first kappa shape index (κ1) is 14.5. The average Bonchev–Trinajstić information content (AvgIpc) is 3.12. The molecule has 1 aliphatic carbocycles. The second kappa shape index (κ2) is 6.13. The highest BCUT2D eigenvalue weighted by Gasteiger charge is 2.38. The fourth-order valence-electron chi connectivity index (χ4n) is 2.80. The van der Waals surface area contributed by atoms with E-state index in [1.165, 1.54) is 0 Å². The Labute approximate surface area is 125 Å². The first-order chi connectivity index (χ1) is 9.65. The summed E-state index contributed by atoms with van der Waals surface area (Å²) < 4.78 is 27.1. The quantitative estimate of drug-likeness (QED) is 0.875. The molecular formula is C14H22N2O2S2. The van der Waals surface area contributed by atoms with Gasteiger partial charge in [-0.15, -0.1) is 0 Å². The molecule has 0 spiro atoms. The van der Waals surface area contributed by atoms with Gasteiger partial charge in [-0.1, -0.05) is 6.42 Å². The highest BCUT2D eigenvalue weighted by atomic mass is 32.2. The molecule has 0 amide bonds. The van der Waals surface area contributed by atoms with Crippen LogP contribution in [0.3, 0.4) is 0 Å². The predicted octanol–water partition coefficient (Wildman–Crippen LogP) is 2.18. The molecule has 2 heterocycles. The number of rotatable bonds is 6. The lowest BCUT2D eigenvalue weighted by molar-refractivity contribution is 0.379. The van der Waals surface area contributed by atoms with Gasteiger partial charge in [-0.05, 0) is 54.6 Å². The second-order valence-electron chi connectivity index (χ2n) is 5.83. The normalized spacial score (nSPS) is 24.1. The molecule has 0 bridgehead atoms. The van der Waals surface area contributed by atoms with Crippen molar-refractivity contribution in [1.29, 1.82) is 0 Å². The van der Waals surface area contributed by atoms with E-state index in [2.05, 4.69) is 5.32 Å². The van der Waals surface area contributed by atoms with Gasteiger partial charge in [-0.25, -0.2) is 8.42 Å². The Morgan fingerprint density at radius 3 is 2.75 bits per heavy atom. The summed E-state index contributed by atoms with van der Waals surface area (Å²) in [6, 6.07) is 2.40. The van der Waals surface area contributed by atoms with Crippen LogP contribution in [-0.2, 0) is 16.6 Å². The number of hydrogen-bond acceptors (Lipinski definition) is 4. The van der Waals surface area contributed by atoms with Crippen molar-refractivity contribution < 1.29 is 8.42 Å². The van der Waals surface area contributed by atoms with E-state index in [9.17, 15) is 8.42 Å². The summed E-state index contributed by atoms with van der Waals surface area (Å²) in [5, 5.41) is 7.40. The molecule has 2 fully saturated rings. The van der Waals surface area contributed by atoms with Gasteiger partial charge in [0.25, 0.3) is 0 Å². The molecular weight excluding hydrogens is 292 g/mol. The minimum Gasteiger partial charge on any atom is -0.313 e. The molecule has 1 unspecified atom stereocenters. The lowest BCUT2D eigenvalue weighted by Crippen LogP contribution is -2.44. The van der Waals surface area contributed by atoms with Gasteiger partial charge in [0.05, 0.1) is 5.75 Å². The maximum atomic E-state index is 12.7. The zero-order valence-corrected chi connectivity index (χ0v) is 13.3. The Hall–Kier alpha value is -0.430. The van der Waals surface area contributed by atoms with E-state index in [1.807, 2.05) is 16.8 Å². The smallest absolute Gasteiger partial charge is 0.216 e. The minimum absolute atomic E-state index is 0.137. The predicted molar refractivity (Wildman–Crippen MR) is 82.3 cm³/mol. The van der Waals surface area contributed by atoms with Crippen LogP contribution in [-0.4, -0.2) is 37.1 Å². The van der Waals surface area contributed by atoms with E-state index in [0.717, 1.165) is 44.2 Å². The van der Waals surface area contributed by atoms with Crippen molar-refractivity contribution in [3.8, 4) is 0 Å². The summed E-state index contributed by atoms with van der Waals surface area (Å²) in [4.78, 5) is 0. The van der Waals surface area contributed by atoms with Crippen LogP contribution in [0.25, 0.3) is 0 Å². The van der Waals surface area contributed by atoms with Crippen molar-refractivity contribution in [2.24, 2.45) is 0 Å². The summed E-state index contributed by atoms with van der Waals surface area (Å²) in [6.45, 7) is 1.50. The first-order valence-electron chi connectivity index (χ1n) is 7.39. The van der Waals surface area contributed by atoms with Crippen LogP contribution in [0.15, 0.2) is 16.8 Å². The minimum atomic E-state index is -3.16. The van der Waals surface area contributed by atoms with Gasteiger partial charge in [0, 0.05) is 18.6 Å². The fraction of sp³-hybridized carbons (Fsp3) is 0.714. The fourth-order valence-corrected chi connectivity index (χ4v) is 5.45. The largest absolute Gasteiger partial charge is 0.313 e. The lowest BCUT2D eigenvalue weighted by Gasteiger charge is -2.27. The Bertz CT molecular complexity index is 517. The molecule has 6 heteroatoms. The number of sulfonamides is 1. The highest BCUT2D eigenvalue weighted by molar-refractivity contribution is 7.89. The van der Waals surface area contributed by atoms with Crippen LogP contribution in [0.4, 0.5) is 0 Å². The molecule has 20 heavy (non-hydrogen) atoms. The topological polar surface area (TPSA) is 49.4 Å². The third-order valence-corrected chi connectivity index (χ3v) is 6.75. The third kappa shape index (κ3) is 3.61. The van der Waals surface area contributed by atoms with Crippen molar-refractivity contribution in [2.75, 3.05) is 12.3 Å². The van der Waals surface area contributed by atoms with Crippen LogP contribution in [0.1, 0.15) is 37.7 Å². The molecule has 112 valence electrons. The van der Waals surface area contributed by atoms with Gasteiger partial charge in [0.1, 0.15) is 0 Å². The number of hydrogen-bond donors (Lipinski definition) is 1. The summed E-state index contributed by atoms with van der Waals surface area (Å²) in [6.07, 6.45) is 5.32. The van der Waals surface area contributed by atoms with E-state index in [4.69, 9.17) is 0 Å². The molecule has 3 rings (SSSR count). The van der Waals surface area contributed by atoms with Crippen molar-refractivity contribution in [1.82, 2.24) is 9.62 Å². The van der Waals surface area contributed by atoms with E-state index in [-0.39, 0.29) is 17.8 Å². The van der Waals surface area contributed by atoms with E-state index in [0.29, 0.717) is 6.54 Å². The van der Waals surface area contributed by atoms with Crippen LogP contribution >= 0.6 is 11.3 Å². The highest BCUT2D eigenvalue weighted by Crippen LogP contribution is 2.32. The standard InChI is InChI=1S/C14H22N2O2S2/c17-20(18,11-13-3-1-2-7-15-13)16(14-4-5-14)9-12-6-8-19-10-12/h6,8,10,13-15H,1-5,7,9,11H2. The van der Waals surface area contributed by atoms with Crippen LogP contribution in [0, 0.1) is 0 Å². The average molecular weight is 314 g/mol. The molecule has 1 saturated carbocycles. The lowest BCUT2D eigenvalue weighted by atomic mass is 10.1. The molecule has 1 saturated heterocycles. The Balaban J connectivity index is 1.68. The zero-order chi connectivity index (χ0) is 14.0. The molecule has 1 atom stereocenters. The molecule has 2 aliphatic rings.